The van der Waals surface area contributed by atoms with Crippen molar-refractivity contribution in [2.24, 2.45) is 4.99 Å². The van der Waals surface area contributed by atoms with E-state index in [1.54, 1.807) is 37.9 Å². The number of aromatic nitrogens is 6. The Labute approximate surface area is 303 Å². The first-order chi connectivity index (χ1) is 22.3. The molecule has 0 aromatic carbocycles. The molecule has 11 heteroatoms. The fraction of sp³-hybridized carbons (Fsp3) is 0.0556. The van der Waals surface area contributed by atoms with Crippen molar-refractivity contribution < 1.29 is 55.5 Å². The summed E-state index contributed by atoms with van der Waals surface area (Å²) < 4.78 is 0. The second-order valence-corrected chi connectivity index (χ2v) is 9.57. The molecule has 2 radical (unpaired) electrons. The monoisotopic (exact) mass is 646 g/mol. The standard InChI is InChI=1S/C24H20N6.C12H10N3.Li.Ti/c1-5-13-25-19(9-1)17-29-23(21-11-3-7-15-27-21)24(22-12-4-8-16-28-22)30-18-20-10-2-6-14-26-20;1-3-7-14-11(5-1)9-13-10-12-6-2-4-8-15-12;;/h1-18,23-24H;1-10H;;/q-2;-1;+1;+4/p+3/t23-,24?;;;/m1.../s1. The van der Waals surface area contributed by atoms with E-state index in [9.17, 15) is 0 Å². The molecule has 222 valence electrons. The second kappa shape index (κ2) is 21.5. The van der Waals surface area contributed by atoms with Crippen molar-refractivity contribution in [1.82, 2.24) is 15.0 Å². The van der Waals surface area contributed by atoms with Crippen molar-refractivity contribution >= 4 is 6.21 Å². The summed E-state index contributed by atoms with van der Waals surface area (Å²) in [5, 5.41) is 9.05. The Morgan fingerprint density at radius 3 is 1.60 bits per heavy atom. The fourth-order valence-electron chi connectivity index (χ4n) is 4.20. The Morgan fingerprint density at radius 1 is 0.596 bits per heavy atom. The van der Waals surface area contributed by atoms with Gasteiger partial charge in [-0.05, 0) is 48.5 Å². The zero-order valence-electron chi connectivity index (χ0n) is 26.0. The Bertz CT molecular complexity index is 1630. The van der Waals surface area contributed by atoms with E-state index in [0.29, 0.717) is 0 Å². The average Bonchev–Trinajstić information content (AvgIpc) is 3.12. The molecular formula is C36H33LiN9Ti+5. The van der Waals surface area contributed by atoms with Crippen molar-refractivity contribution in [2.45, 2.75) is 12.1 Å². The van der Waals surface area contributed by atoms with Gasteiger partial charge in [0.15, 0.2) is 24.3 Å². The van der Waals surface area contributed by atoms with Crippen LogP contribution < -0.4 is 33.8 Å². The van der Waals surface area contributed by atoms with E-state index in [1.165, 1.54) is 0 Å². The molecule has 6 aromatic rings. The molecule has 0 fully saturated rings. The molecule has 0 saturated carbocycles. The molecule has 0 aliphatic heterocycles. The molecule has 0 amide bonds. The summed E-state index contributed by atoms with van der Waals surface area (Å²) in [4.78, 5) is 27.3. The largest absolute Gasteiger partial charge is 4.00 e. The predicted molar refractivity (Wildman–Crippen MR) is 172 cm³/mol. The van der Waals surface area contributed by atoms with Crippen LogP contribution in [-0.2, 0) is 21.7 Å². The Kier molecular flexibility index (Phi) is 17.0. The summed E-state index contributed by atoms with van der Waals surface area (Å²) in [6, 6.07) is 34.5. The Hall–Kier alpha value is -4.33. The summed E-state index contributed by atoms with van der Waals surface area (Å²) in [5.74, 6) is 0. The topological polar surface area (TPSA) is 122 Å². The van der Waals surface area contributed by atoms with E-state index in [1.807, 2.05) is 134 Å². The number of pyridine rings is 6. The minimum absolute atomic E-state index is 0. The number of aromatic amines is 3. The molecule has 1 unspecified atom stereocenters. The van der Waals surface area contributed by atoms with Gasteiger partial charge in [-0.3, -0.25) is 26.5 Å². The number of aliphatic imine (C=N–C) groups is 1. The number of nitrogens with zero attached hydrogens (tertiary/aromatic N) is 6. The molecule has 6 rings (SSSR count). The van der Waals surface area contributed by atoms with Crippen molar-refractivity contribution in [2.75, 3.05) is 0 Å². The Morgan fingerprint density at radius 2 is 1.11 bits per heavy atom. The van der Waals surface area contributed by atoms with Crippen molar-refractivity contribution in [3.05, 3.63) is 211 Å². The average molecular weight is 647 g/mol. The van der Waals surface area contributed by atoms with Crippen LogP contribution in [0.5, 0.6) is 0 Å². The molecule has 0 aliphatic carbocycles. The quantitative estimate of drug-likeness (QED) is 0.115. The minimum Gasteiger partial charge on any atom is -0.712 e. The molecule has 6 heterocycles. The van der Waals surface area contributed by atoms with Crippen LogP contribution >= 0.6 is 0 Å². The fourth-order valence-corrected chi connectivity index (χ4v) is 4.20. The van der Waals surface area contributed by atoms with Gasteiger partial charge in [-0.1, -0.05) is 30.3 Å². The number of H-pyrrole nitrogens is 3. The molecule has 0 saturated heterocycles. The van der Waals surface area contributed by atoms with Crippen molar-refractivity contribution in [3.8, 4) is 0 Å². The van der Waals surface area contributed by atoms with Crippen LogP contribution in [0.1, 0.15) is 46.2 Å². The van der Waals surface area contributed by atoms with Gasteiger partial charge >= 0.3 is 40.6 Å². The van der Waals surface area contributed by atoms with Crippen molar-refractivity contribution in [3.63, 3.8) is 0 Å². The summed E-state index contributed by atoms with van der Waals surface area (Å²) >= 11 is 0. The number of nitrogens with one attached hydrogen (secondary N) is 3. The van der Waals surface area contributed by atoms with Crippen molar-refractivity contribution in [1.29, 1.82) is 0 Å². The third-order valence-electron chi connectivity index (χ3n) is 6.35. The van der Waals surface area contributed by atoms with Gasteiger partial charge in [0.2, 0.25) is 5.69 Å². The van der Waals surface area contributed by atoms with Gasteiger partial charge in [-0.15, -0.1) is 25.2 Å². The molecule has 9 nitrogen and oxygen atoms in total. The zero-order chi connectivity index (χ0) is 30.8. The summed E-state index contributed by atoms with van der Waals surface area (Å²) in [6.07, 6.45) is 12.7. The molecule has 3 N–H and O–H groups in total. The maximum absolute atomic E-state index is 4.91. The van der Waals surface area contributed by atoms with Gasteiger partial charge in [0.1, 0.15) is 6.04 Å². The molecule has 0 bridgehead atoms. The first-order valence-electron chi connectivity index (χ1n) is 14.4. The summed E-state index contributed by atoms with van der Waals surface area (Å²) in [6.45, 7) is 5.25. The van der Waals surface area contributed by atoms with Crippen LogP contribution in [0.2, 0.25) is 0 Å². The predicted octanol–water partition coefficient (Wildman–Crippen LogP) is 2.58. The maximum Gasteiger partial charge on any atom is 4.00 e. The zero-order valence-corrected chi connectivity index (χ0v) is 27.6. The number of hydrogen-bond acceptors (Lipinski definition) is 4. The smallest absolute Gasteiger partial charge is 0.712 e. The van der Waals surface area contributed by atoms with Crippen LogP contribution in [0.25, 0.3) is 10.6 Å². The van der Waals surface area contributed by atoms with Crippen LogP contribution in [-0.4, -0.2) is 21.2 Å². The van der Waals surface area contributed by atoms with E-state index >= 15 is 0 Å². The molecule has 0 aliphatic rings. The molecular weight excluding hydrogens is 613 g/mol. The Balaban J connectivity index is 0.000000299. The van der Waals surface area contributed by atoms with E-state index in [2.05, 4.69) is 35.2 Å². The van der Waals surface area contributed by atoms with Gasteiger partial charge in [0.25, 0.3) is 0 Å². The number of hydrogen-bond donors (Lipinski definition) is 0. The normalized spacial score (nSPS) is 11.6. The molecule has 47 heavy (non-hydrogen) atoms. The molecule has 2 atom stereocenters. The van der Waals surface area contributed by atoms with Gasteiger partial charge in [-0.25, -0.2) is 15.0 Å². The van der Waals surface area contributed by atoms with Crippen LogP contribution in [0.3, 0.4) is 0 Å². The van der Waals surface area contributed by atoms with Crippen LogP contribution in [0, 0.1) is 19.6 Å². The second-order valence-electron chi connectivity index (χ2n) is 9.57. The van der Waals surface area contributed by atoms with Gasteiger partial charge < -0.3 is 10.6 Å². The molecule has 6 aromatic heterocycles. The van der Waals surface area contributed by atoms with Gasteiger partial charge in [-0.2, -0.15) is 0 Å². The summed E-state index contributed by atoms with van der Waals surface area (Å²) in [5.41, 5.74) is 5.32. The van der Waals surface area contributed by atoms with Crippen LogP contribution in [0.4, 0.5) is 0 Å². The number of rotatable bonds is 12. The first kappa shape index (κ1) is 37.1. The molecule has 0 spiro atoms. The van der Waals surface area contributed by atoms with Gasteiger partial charge in [0, 0.05) is 66.2 Å². The van der Waals surface area contributed by atoms with E-state index in [4.69, 9.17) is 10.3 Å². The summed E-state index contributed by atoms with van der Waals surface area (Å²) in [7, 11) is 0. The third-order valence-corrected chi connectivity index (χ3v) is 6.35. The maximum atomic E-state index is 4.91. The van der Waals surface area contributed by atoms with E-state index in [-0.39, 0.29) is 52.7 Å². The van der Waals surface area contributed by atoms with E-state index < -0.39 is 0 Å². The minimum atomic E-state index is -0.271. The third kappa shape index (κ3) is 12.8. The van der Waals surface area contributed by atoms with Gasteiger partial charge in [0.05, 0.1) is 5.69 Å². The first-order valence-corrected chi connectivity index (χ1v) is 14.4. The SMILES string of the molecule is C(=N[C@H](c1cccc[nH+]1)C([N-][CH-]c1cccc[nH+]1)c1cccc[nH+]1)c1ccccn1.[CH]([N-][CH]c1ccccn1)c1ccccn1.[Li+].[Ti+4]. The van der Waals surface area contributed by atoms with E-state index in [0.717, 1.165) is 34.2 Å². The van der Waals surface area contributed by atoms with Crippen LogP contribution in [0.15, 0.2) is 151 Å².